The number of hydrogen-bond donors (Lipinski definition) is 3. The third-order valence-electron chi connectivity index (χ3n) is 5.64. The third kappa shape index (κ3) is 4.32. The van der Waals surface area contributed by atoms with Crippen molar-refractivity contribution in [3.05, 3.63) is 71.0 Å². The van der Waals surface area contributed by atoms with Crippen LogP contribution >= 0.6 is 0 Å². The Hall–Kier alpha value is -3.28. The second-order valence-electron chi connectivity index (χ2n) is 7.54. The van der Waals surface area contributed by atoms with Crippen molar-refractivity contribution in [3.63, 3.8) is 0 Å². The average Bonchev–Trinajstić information content (AvgIpc) is 2.74. The van der Waals surface area contributed by atoms with Gasteiger partial charge >= 0.3 is 5.97 Å². The minimum atomic E-state index is -1.06. The molecule has 1 aliphatic rings. The summed E-state index contributed by atoms with van der Waals surface area (Å²) < 4.78 is 5.55. The van der Waals surface area contributed by atoms with E-state index >= 15 is 0 Å². The molecule has 1 aliphatic heterocycles. The Balaban J connectivity index is 1.89. The lowest BCUT2D eigenvalue weighted by molar-refractivity contribution is -0.158. The predicted octanol–water partition coefficient (Wildman–Crippen LogP) is 4.17. The highest BCUT2D eigenvalue weighted by Crippen LogP contribution is 2.36. The Morgan fingerprint density at radius 2 is 1.43 bits per heavy atom. The molecule has 0 fully saturated rings. The molecule has 0 aromatic heterocycles. The van der Waals surface area contributed by atoms with Gasteiger partial charge in [-0.3, -0.25) is 4.79 Å². The zero-order chi connectivity index (χ0) is 21.8. The van der Waals surface area contributed by atoms with Gasteiger partial charge in [-0.05, 0) is 54.7 Å². The lowest BCUT2D eigenvalue weighted by atomic mass is 9.82. The van der Waals surface area contributed by atoms with Gasteiger partial charge in [0.2, 0.25) is 5.78 Å². The maximum absolute atomic E-state index is 13.0. The number of carbonyl (C=O) groups is 2. The largest absolute Gasteiger partial charge is 0.508 e. The van der Waals surface area contributed by atoms with Gasteiger partial charge in [0.05, 0.1) is 5.57 Å². The standard InChI is InChI=1S/C24H26O6/c1-3-15(13-14-5-9-17(25)10-6-14)23-22(28)21(27)20(24(29)30-23)19(4-2)16-7-11-18(26)12-8-16/h5-12,15,19,23,25-27H,3-4,13H2,1-2H3/t15?,19?,23-/m1/s1. The van der Waals surface area contributed by atoms with E-state index in [4.69, 9.17) is 4.74 Å². The third-order valence-corrected chi connectivity index (χ3v) is 5.64. The first-order chi connectivity index (χ1) is 14.3. The molecule has 0 saturated carbocycles. The number of ketones is 1. The van der Waals surface area contributed by atoms with Crippen molar-refractivity contribution in [2.75, 3.05) is 0 Å². The fourth-order valence-electron chi connectivity index (χ4n) is 3.93. The molecule has 6 heteroatoms. The molecule has 3 rings (SSSR count). The molecule has 0 spiro atoms. The molecule has 0 radical (unpaired) electrons. The van der Waals surface area contributed by atoms with E-state index in [2.05, 4.69) is 0 Å². The van der Waals surface area contributed by atoms with Gasteiger partial charge in [-0.2, -0.15) is 0 Å². The van der Waals surface area contributed by atoms with Crippen LogP contribution in [-0.4, -0.2) is 33.2 Å². The zero-order valence-corrected chi connectivity index (χ0v) is 17.0. The Morgan fingerprint density at radius 3 is 1.97 bits per heavy atom. The molecule has 1 heterocycles. The summed E-state index contributed by atoms with van der Waals surface area (Å²) in [5.74, 6) is -2.40. The van der Waals surface area contributed by atoms with Gasteiger partial charge in [-0.15, -0.1) is 0 Å². The monoisotopic (exact) mass is 410 g/mol. The van der Waals surface area contributed by atoms with Crippen LogP contribution in [0.5, 0.6) is 11.5 Å². The van der Waals surface area contributed by atoms with E-state index in [0.717, 1.165) is 5.56 Å². The van der Waals surface area contributed by atoms with Crippen LogP contribution in [0.25, 0.3) is 0 Å². The summed E-state index contributed by atoms with van der Waals surface area (Å²) in [5.41, 5.74) is 1.56. The number of carbonyl (C=O) groups excluding carboxylic acids is 2. The number of phenols is 2. The molecule has 158 valence electrons. The number of esters is 1. The summed E-state index contributed by atoms with van der Waals surface area (Å²) in [7, 11) is 0. The number of rotatable bonds is 7. The van der Waals surface area contributed by atoms with Gasteiger partial charge in [-0.25, -0.2) is 4.79 Å². The van der Waals surface area contributed by atoms with Gasteiger partial charge in [0.15, 0.2) is 11.9 Å². The summed E-state index contributed by atoms with van der Waals surface area (Å²) in [4.78, 5) is 25.8. The first-order valence-electron chi connectivity index (χ1n) is 10.1. The SMILES string of the molecule is CCC(C1=C(O)C(=O)[C@@H](C(CC)Cc2ccc(O)cc2)OC1=O)c1ccc(O)cc1. The van der Waals surface area contributed by atoms with Gasteiger partial charge in [-0.1, -0.05) is 38.1 Å². The van der Waals surface area contributed by atoms with Crippen molar-refractivity contribution in [2.24, 2.45) is 5.92 Å². The van der Waals surface area contributed by atoms with Crippen LogP contribution in [0.4, 0.5) is 0 Å². The van der Waals surface area contributed by atoms with Crippen molar-refractivity contribution < 1.29 is 29.6 Å². The topological polar surface area (TPSA) is 104 Å². The van der Waals surface area contributed by atoms with E-state index in [1.807, 2.05) is 13.8 Å². The minimum Gasteiger partial charge on any atom is -0.508 e. The van der Waals surface area contributed by atoms with E-state index in [1.54, 1.807) is 36.4 Å². The molecule has 0 bridgehead atoms. The molecule has 3 atom stereocenters. The van der Waals surface area contributed by atoms with E-state index in [1.165, 1.54) is 12.1 Å². The first kappa shape index (κ1) is 21.4. The fourth-order valence-corrected chi connectivity index (χ4v) is 3.93. The number of Topliss-reactive ketones (excluding diaryl/α,β-unsaturated/α-hetero) is 1. The molecule has 0 aliphatic carbocycles. The maximum atomic E-state index is 13.0. The molecular weight excluding hydrogens is 384 g/mol. The predicted molar refractivity (Wildman–Crippen MR) is 111 cm³/mol. The molecule has 0 saturated heterocycles. The van der Waals surface area contributed by atoms with E-state index in [-0.39, 0.29) is 23.0 Å². The molecular formula is C24H26O6. The van der Waals surface area contributed by atoms with E-state index < -0.39 is 29.5 Å². The normalized spacial score (nSPS) is 18.8. The van der Waals surface area contributed by atoms with E-state index in [0.29, 0.717) is 24.8 Å². The summed E-state index contributed by atoms with van der Waals surface area (Å²) in [6, 6.07) is 13.0. The van der Waals surface area contributed by atoms with Crippen molar-refractivity contribution >= 4 is 11.8 Å². The molecule has 30 heavy (non-hydrogen) atoms. The molecule has 2 aromatic rings. The number of cyclic esters (lactones) is 1. The van der Waals surface area contributed by atoms with Gasteiger partial charge in [0, 0.05) is 11.8 Å². The molecule has 0 amide bonds. The van der Waals surface area contributed by atoms with Crippen LogP contribution in [0, 0.1) is 5.92 Å². The van der Waals surface area contributed by atoms with Crippen molar-refractivity contribution in [1.82, 2.24) is 0 Å². The van der Waals surface area contributed by atoms with Crippen LogP contribution in [0.15, 0.2) is 59.9 Å². The van der Waals surface area contributed by atoms with Crippen molar-refractivity contribution in [3.8, 4) is 11.5 Å². The summed E-state index contributed by atoms with van der Waals surface area (Å²) in [6.07, 6.45) is 0.458. The lowest BCUT2D eigenvalue weighted by Crippen LogP contribution is -2.42. The highest BCUT2D eigenvalue weighted by molar-refractivity contribution is 6.09. The fraction of sp³-hybridized carbons (Fsp3) is 0.333. The van der Waals surface area contributed by atoms with Crippen LogP contribution in [-0.2, 0) is 20.7 Å². The number of aliphatic hydroxyl groups excluding tert-OH is 1. The number of phenolic OH excluding ortho intramolecular Hbond substituents is 2. The highest BCUT2D eigenvalue weighted by atomic mass is 16.6. The van der Waals surface area contributed by atoms with Crippen LogP contribution in [0.2, 0.25) is 0 Å². The maximum Gasteiger partial charge on any atom is 0.339 e. The highest BCUT2D eigenvalue weighted by Gasteiger charge is 2.42. The van der Waals surface area contributed by atoms with E-state index in [9.17, 15) is 24.9 Å². The number of aromatic hydroxyl groups is 2. The first-order valence-corrected chi connectivity index (χ1v) is 10.1. The van der Waals surface area contributed by atoms with Gasteiger partial charge < -0.3 is 20.1 Å². The van der Waals surface area contributed by atoms with Crippen LogP contribution < -0.4 is 0 Å². The van der Waals surface area contributed by atoms with Crippen molar-refractivity contribution in [1.29, 1.82) is 0 Å². The number of hydrogen-bond acceptors (Lipinski definition) is 6. The number of ether oxygens (including phenoxy) is 1. The smallest absolute Gasteiger partial charge is 0.339 e. The quantitative estimate of drug-likeness (QED) is 0.592. The Bertz CT molecular complexity index is 943. The lowest BCUT2D eigenvalue weighted by Gasteiger charge is -2.31. The van der Waals surface area contributed by atoms with Gasteiger partial charge in [0.25, 0.3) is 0 Å². The van der Waals surface area contributed by atoms with Crippen LogP contribution in [0.1, 0.15) is 43.7 Å². The average molecular weight is 410 g/mol. The van der Waals surface area contributed by atoms with Crippen molar-refractivity contribution in [2.45, 2.75) is 45.1 Å². The molecule has 2 aromatic carbocycles. The van der Waals surface area contributed by atoms with Crippen LogP contribution in [0.3, 0.4) is 0 Å². The Morgan fingerprint density at radius 1 is 0.867 bits per heavy atom. The zero-order valence-electron chi connectivity index (χ0n) is 17.0. The number of aliphatic hydroxyl groups is 1. The molecule has 3 N–H and O–H groups in total. The second-order valence-corrected chi connectivity index (χ2v) is 7.54. The number of benzene rings is 2. The Kier molecular flexibility index (Phi) is 6.45. The molecule has 6 nitrogen and oxygen atoms in total. The summed E-state index contributed by atoms with van der Waals surface area (Å²) in [6.45, 7) is 3.75. The second kappa shape index (κ2) is 9.03. The Labute approximate surface area is 175 Å². The molecule has 2 unspecified atom stereocenters. The summed E-state index contributed by atoms with van der Waals surface area (Å²) in [5, 5.41) is 29.6. The van der Waals surface area contributed by atoms with Gasteiger partial charge in [0.1, 0.15) is 11.5 Å². The minimum absolute atomic E-state index is 0.0380. The summed E-state index contributed by atoms with van der Waals surface area (Å²) >= 11 is 0.